The van der Waals surface area contributed by atoms with Gasteiger partial charge in [-0.05, 0) is 54.9 Å². The Hall–Kier alpha value is -4.65. The number of carboxylic acid groups (broad SMARTS) is 1. The summed E-state index contributed by atoms with van der Waals surface area (Å²) in [6.07, 6.45) is -3.64. The minimum atomic E-state index is -4.81. The molecule has 0 amide bonds. The van der Waals surface area contributed by atoms with Crippen LogP contribution in [-0.2, 0) is 4.79 Å². The Morgan fingerprint density at radius 2 is 1.84 bits per heavy atom. The molecule has 4 aromatic rings. The Morgan fingerprint density at radius 3 is 2.48 bits per heavy atom. The van der Waals surface area contributed by atoms with Crippen LogP contribution in [0.2, 0.25) is 0 Å². The van der Waals surface area contributed by atoms with Crippen molar-refractivity contribution in [3.63, 3.8) is 0 Å². The molecule has 2 saturated heterocycles. The zero-order valence-electron chi connectivity index (χ0n) is 24.0. The number of aromatic nitrogens is 4. The van der Waals surface area contributed by atoms with Crippen LogP contribution in [0.5, 0.6) is 5.88 Å². The van der Waals surface area contributed by atoms with Gasteiger partial charge in [-0.25, -0.2) is 4.68 Å². The number of nitrogens with one attached hydrogen (secondary N) is 1. The summed E-state index contributed by atoms with van der Waals surface area (Å²) in [4.78, 5) is 21.6. The van der Waals surface area contributed by atoms with Gasteiger partial charge in [-0.3, -0.25) is 4.79 Å². The van der Waals surface area contributed by atoms with Crippen LogP contribution in [0.15, 0.2) is 66.9 Å². The molecule has 4 heterocycles. The summed E-state index contributed by atoms with van der Waals surface area (Å²) in [5.41, 5.74) is 8.11. The van der Waals surface area contributed by atoms with Crippen LogP contribution in [-0.4, -0.2) is 62.7 Å². The number of halogens is 3. The smallest absolute Gasteiger partial charge is 0.429 e. The maximum absolute atomic E-state index is 14.7. The number of carboxylic acids is 1. The van der Waals surface area contributed by atoms with Gasteiger partial charge in [0.05, 0.1) is 11.4 Å². The van der Waals surface area contributed by atoms with Gasteiger partial charge in [0, 0.05) is 37.5 Å². The lowest BCUT2D eigenvalue weighted by Crippen LogP contribution is -2.41. The topological polar surface area (TPSA) is 131 Å². The maximum atomic E-state index is 14.7. The maximum Gasteiger partial charge on any atom is 0.429 e. The van der Waals surface area contributed by atoms with E-state index in [0.29, 0.717) is 50.4 Å². The largest absolute Gasteiger partial charge is 0.480 e. The van der Waals surface area contributed by atoms with Gasteiger partial charge in [0.2, 0.25) is 17.9 Å². The minimum absolute atomic E-state index is 0.138. The van der Waals surface area contributed by atoms with Gasteiger partial charge in [-0.2, -0.15) is 28.2 Å². The lowest BCUT2D eigenvalue weighted by molar-refractivity contribution is -0.198. The molecule has 2 atom stereocenters. The van der Waals surface area contributed by atoms with E-state index in [-0.39, 0.29) is 28.5 Å². The van der Waals surface area contributed by atoms with Gasteiger partial charge in [0.1, 0.15) is 11.9 Å². The molecule has 10 nitrogen and oxygen atoms in total. The average molecular weight is 608 g/mol. The summed E-state index contributed by atoms with van der Waals surface area (Å²) in [7, 11) is 0. The molecular formula is C31H32F3N7O3. The fourth-order valence-electron chi connectivity index (χ4n) is 6.09. The molecule has 0 radical (unpaired) electrons. The average Bonchev–Trinajstić information content (AvgIpc) is 3.62. The van der Waals surface area contributed by atoms with Gasteiger partial charge in [0.25, 0.3) is 0 Å². The Kier molecular flexibility index (Phi) is 7.66. The highest BCUT2D eigenvalue weighted by molar-refractivity contribution is 5.74. The number of aryl methyl sites for hydroxylation is 1. The van der Waals surface area contributed by atoms with Crippen molar-refractivity contribution < 1.29 is 27.8 Å². The number of hydrogen-bond acceptors (Lipinski definition) is 8. The lowest BCUT2D eigenvalue weighted by Gasteiger charge is -2.39. The highest BCUT2D eigenvalue weighted by Gasteiger charge is 2.46. The van der Waals surface area contributed by atoms with Gasteiger partial charge < -0.3 is 25.8 Å². The molecule has 2 aliphatic rings. The molecule has 2 aromatic heterocycles. The van der Waals surface area contributed by atoms with Crippen LogP contribution in [0, 0.1) is 12.3 Å². The van der Waals surface area contributed by atoms with E-state index in [2.05, 4.69) is 20.4 Å². The summed E-state index contributed by atoms with van der Waals surface area (Å²) in [5, 5.41) is 16.8. The first-order valence-corrected chi connectivity index (χ1v) is 14.3. The number of nitrogens with zero attached hydrogens (tertiary/aromatic N) is 5. The number of nitrogens with two attached hydrogens (primary N) is 1. The third kappa shape index (κ3) is 6.05. The first-order valence-electron chi connectivity index (χ1n) is 14.3. The van der Waals surface area contributed by atoms with Gasteiger partial charge >= 0.3 is 12.1 Å². The van der Waals surface area contributed by atoms with Crippen molar-refractivity contribution in [2.45, 2.75) is 44.5 Å². The fraction of sp³-hybridized carbons (Fsp3) is 0.355. The third-order valence-corrected chi connectivity index (χ3v) is 8.44. The summed E-state index contributed by atoms with van der Waals surface area (Å²) >= 11 is 0. The number of benzene rings is 2. The molecule has 1 unspecified atom stereocenters. The van der Waals surface area contributed by atoms with E-state index in [9.17, 15) is 23.1 Å². The molecular weight excluding hydrogens is 575 g/mol. The normalized spacial score (nSPS) is 18.8. The number of nitrogen functional groups attached to an aromatic ring is 1. The SMILES string of the molecule is Cc1ccn(-c2cc(-c3ccccc3)ccc2[C@@H](Oc2cc(N3CCC4(CC3)CNC(C(=O)O)C4)nc(N)n2)C(F)(F)F)n1. The van der Waals surface area contributed by atoms with Crippen molar-refractivity contribution in [1.29, 1.82) is 0 Å². The van der Waals surface area contributed by atoms with Crippen molar-refractivity contribution in [1.82, 2.24) is 25.1 Å². The number of rotatable bonds is 7. The molecule has 2 aromatic carbocycles. The summed E-state index contributed by atoms with van der Waals surface area (Å²) in [5.74, 6) is -1.03. The van der Waals surface area contributed by atoms with Crippen LogP contribution >= 0.6 is 0 Å². The van der Waals surface area contributed by atoms with Crippen LogP contribution in [0.25, 0.3) is 16.8 Å². The molecule has 6 rings (SSSR count). The summed E-state index contributed by atoms with van der Waals surface area (Å²) in [6, 6.07) is 16.6. The highest BCUT2D eigenvalue weighted by Crippen LogP contribution is 2.42. The predicted octanol–water partition coefficient (Wildman–Crippen LogP) is 4.94. The van der Waals surface area contributed by atoms with E-state index in [0.717, 1.165) is 11.1 Å². The standard InChI is InChI=1S/C31H32F3N7O3/c1-19-9-12-41(39-19)24-15-21(20-5-3-2-4-6-20)7-8-22(24)27(31(32,33)34)44-26-16-25(37-29(35)38-26)40-13-10-30(11-14-40)17-23(28(42)43)36-18-30/h2-9,12,15-16,23,27,36H,10-11,13-14,17-18H2,1H3,(H,42,43)(H2,35,37,38)/t23?,27-/m1/s1. The molecule has 2 aliphatic heterocycles. The van der Waals surface area contributed by atoms with E-state index in [1.807, 2.05) is 35.2 Å². The third-order valence-electron chi connectivity index (χ3n) is 8.44. The van der Waals surface area contributed by atoms with Crippen LogP contribution in [0.4, 0.5) is 24.9 Å². The Morgan fingerprint density at radius 1 is 1.09 bits per heavy atom. The first-order chi connectivity index (χ1) is 21.0. The number of aliphatic carboxylic acids is 1. The summed E-state index contributed by atoms with van der Waals surface area (Å²) in [6.45, 7) is 3.44. The van der Waals surface area contributed by atoms with Crippen molar-refractivity contribution in [3.8, 4) is 22.7 Å². The Bertz CT molecular complexity index is 1650. The second-order valence-corrected chi connectivity index (χ2v) is 11.5. The molecule has 2 fully saturated rings. The minimum Gasteiger partial charge on any atom is -0.480 e. The van der Waals surface area contributed by atoms with Crippen LogP contribution in [0.3, 0.4) is 0 Å². The quantitative estimate of drug-likeness (QED) is 0.268. The highest BCUT2D eigenvalue weighted by atomic mass is 19.4. The number of alkyl halides is 3. The molecule has 230 valence electrons. The second-order valence-electron chi connectivity index (χ2n) is 11.5. The van der Waals surface area contributed by atoms with Crippen molar-refractivity contribution >= 4 is 17.7 Å². The lowest BCUT2D eigenvalue weighted by atomic mass is 9.76. The van der Waals surface area contributed by atoms with E-state index in [1.165, 1.54) is 16.8 Å². The number of piperidine rings is 1. The van der Waals surface area contributed by atoms with E-state index in [4.69, 9.17) is 10.5 Å². The molecule has 1 spiro atoms. The van der Waals surface area contributed by atoms with E-state index < -0.39 is 24.3 Å². The van der Waals surface area contributed by atoms with Crippen molar-refractivity contribution in [3.05, 3.63) is 78.1 Å². The molecule has 13 heteroatoms. The van der Waals surface area contributed by atoms with Gasteiger partial charge in [-0.15, -0.1) is 0 Å². The molecule has 4 N–H and O–H groups in total. The van der Waals surface area contributed by atoms with Gasteiger partial charge in [-0.1, -0.05) is 42.5 Å². The summed E-state index contributed by atoms with van der Waals surface area (Å²) < 4.78 is 51.3. The number of anilines is 2. The zero-order chi connectivity index (χ0) is 31.1. The zero-order valence-corrected chi connectivity index (χ0v) is 24.0. The van der Waals surface area contributed by atoms with E-state index in [1.54, 1.807) is 31.3 Å². The molecule has 0 aliphatic carbocycles. The number of hydrogen-bond donors (Lipinski definition) is 3. The second kappa shape index (κ2) is 11.5. The fourth-order valence-corrected chi connectivity index (χ4v) is 6.09. The number of carbonyl (C=O) groups is 1. The first kappa shape index (κ1) is 29.4. The predicted molar refractivity (Wildman–Crippen MR) is 158 cm³/mol. The van der Waals surface area contributed by atoms with Crippen LogP contribution < -0.4 is 20.7 Å². The van der Waals surface area contributed by atoms with Crippen molar-refractivity contribution in [2.24, 2.45) is 5.41 Å². The molecule has 0 bridgehead atoms. The van der Waals surface area contributed by atoms with Gasteiger partial charge in [0.15, 0.2) is 0 Å². The van der Waals surface area contributed by atoms with E-state index >= 15 is 0 Å². The number of ether oxygens (including phenoxy) is 1. The van der Waals surface area contributed by atoms with Crippen LogP contribution in [0.1, 0.15) is 36.6 Å². The van der Waals surface area contributed by atoms with Crippen molar-refractivity contribution in [2.75, 3.05) is 30.3 Å². The molecule has 44 heavy (non-hydrogen) atoms. The Balaban J connectivity index is 1.30. The monoisotopic (exact) mass is 607 g/mol. The molecule has 0 saturated carbocycles. The Labute approximate surface area is 251 Å².